The topological polar surface area (TPSA) is 82.4 Å². The second-order valence-corrected chi connectivity index (χ2v) is 8.26. The van der Waals surface area contributed by atoms with Gasteiger partial charge < -0.3 is 19.4 Å². The predicted octanol–water partition coefficient (Wildman–Crippen LogP) is 3.70. The molecule has 9 heteroatoms. The van der Waals surface area contributed by atoms with Crippen LogP contribution in [0.2, 0.25) is 0 Å². The molecule has 3 aromatic rings. The Hall–Kier alpha value is -3.33. The normalized spacial score (nSPS) is 15.1. The Bertz CT molecular complexity index is 1240. The number of thioether (sulfide) groups is 1. The van der Waals surface area contributed by atoms with Gasteiger partial charge in [0.25, 0.3) is 5.56 Å². The molecule has 0 fully saturated rings. The monoisotopic (exact) mass is 455 g/mol. The summed E-state index contributed by atoms with van der Waals surface area (Å²) in [5.41, 5.74) is 1.12. The van der Waals surface area contributed by atoms with Crippen LogP contribution in [0.5, 0.6) is 11.5 Å². The molecule has 1 unspecified atom stereocenters. The maximum absolute atomic E-state index is 14.0. The second kappa shape index (κ2) is 9.04. The Balaban J connectivity index is 1.77. The molecule has 0 spiro atoms. The van der Waals surface area contributed by atoms with E-state index in [-0.39, 0.29) is 18.1 Å². The number of carbonyl (C=O) groups excluding carboxylic acids is 1. The minimum atomic E-state index is -0.541. The summed E-state index contributed by atoms with van der Waals surface area (Å²) in [7, 11) is 4.81. The number of nitrogens with zero attached hydrogens (tertiary/aromatic N) is 2. The molecule has 1 atom stereocenters. The number of hydrogen-bond acceptors (Lipinski definition) is 6. The summed E-state index contributed by atoms with van der Waals surface area (Å²) in [5, 5.41) is 3.19. The quantitative estimate of drug-likeness (QED) is 0.451. The van der Waals surface area contributed by atoms with Gasteiger partial charge in [-0.3, -0.25) is 9.59 Å². The summed E-state index contributed by atoms with van der Waals surface area (Å²) in [6.45, 7) is 0. The second-order valence-electron chi connectivity index (χ2n) is 7.31. The number of fused-ring (bicyclic) bond motifs is 1. The van der Waals surface area contributed by atoms with Crippen LogP contribution in [0.4, 0.5) is 10.2 Å². The van der Waals surface area contributed by atoms with Crippen molar-refractivity contribution in [1.29, 1.82) is 0 Å². The van der Waals surface area contributed by atoms with E-state index in [4.69, 9.17) is 9.47 Å². The van der Waals surface area contributed by atoms with Crippen molar-refractivity contribution in [2.75, 3.05) is 19.5 Å². The highest BCUT2D eigenvalue weighted by Crippen LogP contribution is 2.41. The minimum Gasteiger partial charge on any atom is -0.497 e. The number of rotatable bonds is 6. The molecule has 0 saturated heterocycles. The van der Waals surface area contributed by atoms with Gasteiger partial charge in [0.1, 0.15) is 23.1 Å². The van der Waals surface area contributed by atoms with Crippen molar-refractivity contribution >= 4 is 23.5 Å². The maximum Gasteiger partial charge on any atom is 0.279 e. The molecule has 0 radical (unpaired) electrons. The highest BCUT2D eigenvalue weighted by molar-refractivity contribution is 7.98. The molecule has 1 aromatic heterocycles. The molecule has 1 aliphatic rings. The van der Waals surface area contributed by atoms with Crippen LogP contribution in [0, 0.1) is 5.82 Å². The molecule has 0 aliphatic carbocycles. The van der Waals surface area contributed by atoms with Gasteiger partial charge in [0.2, 0.25) is 5.91 Å². The molecular formula is C23H22FN3O4S. The first-order chi connectivity index (χ1) is 15.4. The first-order valence-electron chi connectivity index (χ1n) is 9.91. The van der Waals surface area contributed by atoms with Gasteiger partial charge >= 0.3 is 0 Å². The summed E-state index contributed by atoms with van der Waals surface area (Å²) < 4.78 is 26.5. The van der Waals surface area contributed by atoms with Crippen molar-refractivity contribution in [2.45, 2.75) is 23.2 Å². The SMILES string of the molecule is COc1ccc(OC)c(C2CC(=O)Nc3c2c(=O)nc(SCc2ccccc2F)n3C)c1. The van der Waals surface area contributed by atoms with Crippen molar-refractivity contribution in [3.63, 3.8) is 0 Å². The molecule has 2 heterocycles. The molecule has 7 nitrogen and oxygen atoms in total. The summed E-state index contributed by atoms with van der Waals surface area (Å²) in [6, 6.07) is 11.7. The zero-order valence-electron chi connectivity index (χ0n) is 17.8. The van der Waals surface area contributed by atoms with Crippen LogP contribution in [-0.4, -0.2) is 29.7 Å². The molecule has 166 valence electrons. The van der Waals surface area contributed by atoms with E-state index in [1.165, 1.54) is 24.9 Å². The van der Waals surface area contributed by atoms with Gasteiger partial charge in [0.05, 0.1) is 19.8 Å². The van der Waals surface area contributed by atoms with Crippen LogP contribution in [0.3, 0.4) is 0 Å². The summed E-state index contributed by atoms with van der Waals surface area (Å²) in [4.78, 5) is 30.0. The Morgan fingerprint density at radius 1 is 1.19 bits per heavy atom. The van der Waals surface area contributed by atoms with Crippen LogP contribution in [-0.2, 0) is 17.6 Å². The van der Waals surface area contributed by atoms with Crippen LogP contribution in [0.25, 0.3) is 0 Å². The van der Waals surface area contributed by atoms with E-state index in [9.17, 15) is 14.0 Å². The fourth-order valence-corrected chi connectivity index (χ4v) is 4.75. The van der Waals surface area contributed by atoms with E-state index in [0.717, 1.165) is 0 Å². The molecule has 0 saturated carbocycles. The third-order valence-electron chi connectivity index (χ3n) is 5.43. The highest BCUT2D eigenvalue weighted by Gasteiger charge is 2.34. The molecule has 32 heavy (non-hydrogen) atoms. The lowest BCUT2D eigenvalue weighted by molar-refractivity contribution is -0.116. The summed E-state index contributed by atoms with van der Waals surface area (Å²) >= 11 is 1.23. The molecular weight excluding hydrogens is 433 g/mol. The smallest absolute Gasteiger partial charge is 0.279 e. The number of halogens is 1. The number of anilines is 1. The third-order valence-corrected chi connectivity index (χ3v) is 6.51. The average molecular weight is 456 g/mol. The van der Waals surface area contributed by atoms with Crippen LogP contribution < -0.4 is 20.3 Å². The lowest BCUT2D eigenvalue weighted by Gasteiger charge is -2.28. The zero-order chi connectivity index (χ0) is 22.8. The Labute approximate surface area is 188 Å². The predicted molar refractivity (Wildman–Crippen MR) is 120 cm³/mol. The Morgan fingerprint density at radius 2 is 1.97 bits per heavy atom. The number of hydrogen-bond donors (Lipinski definition) is 1. The number of amides is 1. The fourth-order valence-electron chi connectivity index (χ4n) is 3.80. The van der Waals surface area contributed by atoms with Gasteiger partial charge in [0, 0.05) is 30.7 Å². The van der Waals surface area contributed by atoms with Gasteiger partial charge in [0.15, 0.2) is 5.16 Å². The van der Waals surface area contributed by atoms with Crippen molar-refractivity contribution < 1.29 is 18.7 Å². The molecule has 0 bridgehead atoms. The van der Waals surface area contributed by atoms with Crippen molar-refractivity contribution in [3.05, 3.63) is 75.3 Å². The first-order valence-corrected chi connectivity index (χ1v) is 10.9. The van der Waals surface area contributed by atoms with Crippen LogP contribution >= 0.6 is 11.8 Å². The number of benzene rings is 2. The van der Waals surface area contributed by atoms with Crippen LogP contribution in [0.15, 0.2) is 52.4 Å². The highest BCUT2D eigenvalue weighted by atomic mass is 32.2. The number of carbonyl (C=O) groups is 1. The molecule has 4 rings (SSSR count). The van der Waals surface area contributed by atoms with Gasteiger partial charge in [-0.25, -0.2) is 4.39 Å². The van der Waals surface area contributed by atoms with Crippen molar-refractivity contribution in [3.8, 4) is 11.5 Å². The van der Waals surface area contributed by atoms with E-state index < -0.39 is 11.5 Å². The van der Waals surface area contributed by atoms with E-state index in [1.54, 1.807) is 55.1 Å². The van der Waals surface area contributed by atoms with Gasteiger partial charge in [-0.1, -0.05) is 30.0 Å². The van der Waals surface area contributed by atoms with Crippen molar-refractivity contribution in [2.24, 2.45) is 7.05 Å². The standard InChI is InChI=1S/C23H22FN3O4S/c1-27-21-20(22(29)26-23(27)32-12-13-6-4-5-7-17(13)24)16(11-19(28)25-21)15-10-14(30-2)8-9-18(15)31-3/h4-10,16H,11-12H2,1-3H3,(H,25,28). The number of nitrogens with one attached hydrogen (secondary N) is 1. The van der Waals surface area contributed by atoms with Gasteiger partial charge in [-0.15, -0.1) is 0 Å². The van der Waals surface area contributed by atoms with E-state index in [2.05, 4.69) is 10.3 Å². The number of aromatic nitrogens is 2. The van der Waals surface area contributed by atoms with Crippen molar-refractivity contribution in [1.82, 2.24) is 9.55 Å². The Morgan fingerprint density at radius 3 is 2.69 bits per heavy atom. The lowest BCUT2D eigenvalue weighted by Crippen LogP contribution is -2.33. The van der Waals surface area contributed by atoms with Crippen LogP contribution in [0.1, 0.15) is 29.0 Å². The first kappa shape index (κ1) is 21.9. The third kappa shape index (κ3) is 4.08. The lowest BCUT2D eigenvalue weighted by atomic mass is 9.86. The molecule has 2 aromatic carbocycles. The minimum absolute atomic E-state index is 0.0785. The zero-order valence-corrected chi connectivity index (χ0v) is 18.7. The number of methoxy groups -OCH3 is 2. The molecule has 1 aliphatic heterocycles. The Kier molecular flexibility index (Phi) is 6.18. The maximum atomic E-state index is 14.0. The van der Waals surface area contributed by atoms with Gasteiger partial charge in [-0.05, 0) is 29.8 Å². The summed E-state index contributed by atoms with van der Waals surface area (Å²) in [5.74, 6) is 0.742. The summed E-state index contributed by atoms with van der Waals surface area (Å²) in [6.07, 6.45) is 0.0785. The van der Waals surface area contributed by atoms with E-state index in [0.29, 0.717) is 44.9 Å². The average Bonchev–Trinajstić information content (AvgIpc) is 2.80. The van der Waals surface area contributed by atoms with E-state index >= 15 is 0 Å². The van der Waals surface area contributed by atoms with E-state index in [1.807, 2.05) is 0 Å². The van der Waals surface area contributed by atoms with Gasteiger partial charge in [-0.2, -0.15) is 4.98 Å². The molecule has 1 amide bonds. The molecule has 1 N–H and O–H groups in total. The fraction of sp³-hybridized carbons (Fsp3) is 0.261. The largest absolute Gasteiger partial charge is 0.497 e. The number of ether oxygens (including phenoxy) is 2.